The SMILES string of the molecule is COc1ccc(OC)c([C@H](C)NC(=O)/C=C/c2cnn(Cc3ccccc3)c2)c1. The second kappa shape index (κ2) is 9.59. The van der Waals surface area contributed by atoms with E-state index in [9.17, 15) is 4.79 Å². The number of rotatable bonds is 8. The van der Waals surface area contributed by atoms with Crippen LogP contribution in [0.3, 0.4) is 0 Å². The molecule has 0 fully saturated rings. The van der Waals surface area contributed by atoms with E-state index in [4.69, 9.17) is 9.47 Å². The average Bonchev–Trinajstić information content (AvgIpc) is 3.19. The molecule has 2 aromatic carbocycles. The van der Waals surface area contributed by atoms with Crippen molar-refractivity contribution in [2.24, 2.45) is 0 Å². The van der Waals surface area contributed by atoms with Crippen LogP contribution in [-0.2, 0) is 11.3 Å². The lowest BCUT2D eigenvalue weighted by atomic mass is 10.1. The number of ether oxygens (including phenoxy) is 2. The second-order valence-corrected chi connectivity index (χ2v) is 6.63. The van der Waals surface area contributed by atoms with E-state index < -0.39 is 0 Å². The van der Waals surface area contributed by atoms with Crippen LogP contribution in [0.4, 0.5) is 0 Å². The van der Waals surface area contributed by atoms with Gasteiger partial charge in [-0.3, -0.25) is 9.48 Å². The standard InChI is InChI=1S/C23H25N3O3/c1-17(21-13-20(28-2)10-11-22(21)29-3)25-23(27)12-9-19-14-24-26(16-19)15-18-7-5-4-6-8-18/h4-14,16-17H,15H2,1-3H3,(H,25,27)/b12-9+/t17-/m0/s1. The Bertz CT molecular complexity index is 980. The van der Waals surface area contributed by atoms with Crippen LogP contribution in [0.5, 0.6) is 11.5 Å². The summed E-state index contributed by atoms with van der Waals surface area (Å²) >= 11 is 0. The summed E-state index contributed by atoms with van der Waals surface area (Å²) in [6.07, 6.45) is 6.90. The van der Waals surface area contributed by atoms with Crippen LogP contribution in [0, 0.1) is 0 Å². The summed E-state index contributed by atoms with van der Waals surface area (Å²) < 4.78 is 12.5. The van der Waals surface area contributed by atoms with Gasteiger partial charge in [0, 0.05) is 23.4 Å². The van der Waals surface area contributed by atoms with Crippen molar-refractivity contribution in [2.75, 3.05) is 14.2 Å². The minimum atomic E-state index is -0.238. The fraction of sp³-hybridized carbons (Fsp3) is 0.217. The maximum Gasteiger partial charge on any atom is 0.244 e. The van der Waals surface area contributed by atoms with Gasteiger partial charge in [0.2, 0.25) is 5.91 Å². The fourth-order valence-electron chi connectivity index (χ4n) is 3.01. The summed E-state index contributed by atoms with van der Waals surface area (Å²) in [7, 11) is 3.21. The molecule has 3 rings (SSSR count). The molecule has 0 saturated carbocycles. The summed E-state index contributed by atoms with van der Waals surface area (Å²) in [6, 6.07) is 15.4. The first-order chi connectivity index (χ1) is 14.1. The zero-order chi connectivity index (χ0) is 20.6. The van der Waals surface area contributed by atoms with Crippen LogP contribution < -0.4 is 14.8 Å². The van der Waals surface area contributed by atoms with Crippen molar-refractivity contribution in [1.29, 1.82) is 0 Å². The number of hydrogen-bond acceptors (Lipinski definition) is 4. The number of carbonyl (C=O) groups excluding carboxylic acids is 1. The number of benzene rings is 2. The Hall–Kier alpha value is -3.54. The first-order valence-electron chi connectivity index (χ1n) is 9.36. The Labute approximate surface area is 170 Å². The predicted octanol–water partition coefficient (Wildman–Crippen LogP) is 3.84. The van der Waals surface area contributed by atoms with Gasteiger partial charge in [-0.05, 0) is 36.8 Å². The van der Waals surface area contributed by atoms with Crippen molar-refractivity contribution < 1.29 is 14.3 Å². The third-order valence-electron chi connectivity index (χ3n) is 4.53. The predicted molar refractivity (Wildman–Crippen MR) is 113 cm³/mol. The molecule has 1 aromatic heterocycles. The van der Waals surface area contributed by atoms with Gasteiger partial charge in [0.15, 0.2) is 0 Å². The Morgan fingerprint density at radius 3 is 2.69 bits per heavy atom. The van der Waals surface area contributed by atoms with E-state index in [1.54, 1.807) is 26.5 Å². The van der Waals surface area contributed by atoms with Gasteiger partial charge in [0.05, 0.1) is 33.0 Å². The first kappa shape index (κ1) is 20.2. The molecule has 1 atom stereocenters. The van der Waals surface area contributed by atoms with Crippen LogP contribution in [-0.4, -0.2) is 29.9 Å². The van der Waals surface area contributed by atoms with Gasteiger partial charge in [0.1, 0.15) is 11.5 Å². The van der Waals surface area contributed by atoms with Crippen LogP contribution in [0.1, 0.15) is 29.7 Å². The molecular weight excluding hydrogens is 366 g/mol. The molecule has 1 amide bonds. The van der Waals surface area contributed by atoms with E-state index in [2.05, 4.69) is 22.5 Å². The smallest absolute Gasteiger partial charge is 0.244 e. The summed E-state index contributed by atoms with van der Waals surface area (Å²) in [5.41, 5.74) is 2.89. The van der Waals surface area contributed by atoms with E-state index in [0.29, 0.717) is 18.0 Å². The Kier molecular flexibility index (Phi) is 6.68. The summed E-state index contributed by atoms with van der Waals surface area (Å²) in [5.74, 6) is 1.21. The molecule has 0 radical (unpaired) electrons. The van der Waals surface area contributed by atoms with Crippen molar-refractivity contribution in [3.8, 4) is 11.5 Å². The van der Waals surface area contributed by atoms with Crippen molar-refractivity contribution in [1.82, 2.24) is 15.1 Å². The Morgan fingerprint density at radius 2 is 1.97 bits per heavy atom. The van der Waals surface area contributed by atoms with E-state index in [1.807, 2.05) is 54.2 Å². The van der Waals surface area contributed by atoms with Gasteiger partial charge in [-0.1, -0.05) is 30.3 Å². The zero-order valence-corrected chi connectivity index (χ0v) is 16.8. The normalized spacial score (nSPS) is 12.0. The highest BCUT2D eigenvalue weighted by Gasteiger charge is 2.14. The summed E-state index contributed by atoms with van der Waals surface area (Å²) in [5, 5.41) is 7.29. The molecule has 1 heterocycles. The lowest BCUT2D eigenvalue weighted by Crippen LogP contribution is -2.25. The summed E-state index contributed by atoms with van der Waals surface area (Å²) in [4.78, 5) is 12.4. The van der Waals surface area contributed by atoms with Gasteiger partial charge in [-0.25, -0.2) is 0 Å². The van der Waals surface area contributed by atoms with Gasteiger partial charge >= 0.3 is 0 Å². The lowest BCUT2D eigenvalue weighted by Gasteiger charge is -2.17. The van der Waals surface area contributed by atoms with E-state index in [-0.39, 0.29) is 11.9 Å². The fourth-order valence-corrected chi connectivity index (χ4v) is 3.01. The number of hydrogen-bond donors (Lipinski definition) is 1. The molecule has 0 aliphatic carbocycles. The topological polar surface area (TPSA) is 65.4 Å². The van der Waals surface area contributed by atoms with Gasteiger partial charge in [-0.15, -0.1) is 0 Å². The number of methoxy groups -OCH3 is 2. The molecule has 0 saturated heterocycles. The Balaban J connectivity index is 1.61. The largest absolute Gasteiger partial charge is 0.497 e. The molecular formula is C23H25N3O3. The van der Waals surface area contributed by atoms with Crippen molar-refractivity contribution in [2.45, 2.75) is 19.5 Å². The van der Waals surface area contributed by atoms with Gasteiger partial charge < -0.3 is 14.8 Å². The van der Waals surface area contributed by atoms with Crippen LogP contribution in [0.15, 0.2) is 67.0 Å². The molecule has 6 heteroatoms. The average molecular weight is 391 g/mol. The molecule has 0 unspecified atom stereocenters. The second-order valence-electron chi connectivity index (χ2n) is 6.63. The van der Waals surface area contributed by atoms with Gasteiger partial charge in [0.25, 0.3) is 0 Å². The highest BCUT2D eigenvalue weighted by Crippen LogP contribution is 2.29. The highest BCUT2D eigenvalue weighted by molar-refractivity contribution is 5.91. The number of nitrogens with one attached hydrogen (secondary N) is 1. The minimum absolute atomic E-state index is 0.196. The molecule has 150 valence electrons. The third-order valence-corrected chi connectivity index (χ3v) is 4.53. The molecule has 0 spiro atoms. The van der Waals surface area contributed by atoms with Crippen LogP contribution in [0.2, 0.25) is 0 Å². The minimum Gasteiger partial charge on any atom is -0.497 e. The summed E-state index contributed by atoms with van der Waals surface area (Å²) in [6.45, 7) is 2.59. The molecule has 0 aliphatic rings. The number of amides is 1. The molecule has 29 heavy (non-hydrogen) atoms. The molecule has 1 N–H and O–H groups in total. The number of aromatic nitrogens is 2. The van der Waals surface area contributed by atoms with E-state index in [1.165, 1.54) is 11.6 Å². The first-order valence-corrected chi connectivity index (χ1v) is 9.36. The lowest BCUT2D eigenvalue weighted by molar-refractivity contribution is -0.117. The Morgan fingerprint density at radius 1 is 1.17 bits per heavy atom. The van der Waals surface area contributed by atoms with E-state index >= 15 is 0 Å². The maximum absolute atomic E-state index is 12.4. The van der Waals surface area contributed by atoms with E-state index in [0.717, 1.165) is 11.1 Å². The van der Waals surface area contributed by atoms with Crippen LogP contribution in [0.25, 0.3) is 6.08 Å². The zero-order valence-electron chi connectivity index (χ0n) is 16.8. The number of carbonyl (C=O) groups is 1. The molecule has 0 bridgehead atoms. The molecule has 0 aliphatic heterocycles. The quantitative estimate of drug-likeness (QED) is 0.593. The van der Waals surface area contributed by atoms with Crippen molar-refractivity contribution in [3.63, 3.8) is 0 Å². The van der Waals surface area contributed by atoms with Crippen LogP contribution >= 0.6 is 0 Å². The molecule has 3 aromatic rings. The number of nitrogens with zero attached hydrogens (tertiary/aromatic N) is 2. The highest BCUT2D eigenvalue weighted by atomic mass is 16.5. The van der Waals surface area contributed by atoms with Crippen molar-refractivity contribution >= 4 is 12.0 Å². The third kappa shape index (κ3) is 5.48. The van der Waals surface area contributed by atoms with Gasteiger partial charge in [-0.2, -0.15) is 5.10 Å². The monoisotopic (exact) mass is 391 g/mol. The molecule has 6 nitrogen and oxygen atoms in total. The maximum atomic E-state index is 12.4. The van der Waals surface area contributed by atoms with Crippen molar-refractivity contribution in [3.05, 3.63) is 83.7 Å².